The van der Waals surface area contributed by atoms with Crippen molar-refractivity contribution in [3.05, 3.63) is 71.8 Å². The molecule has 20 heavy (non-hydrogen) atoms. The summed E-state index contributed by atoms with van der Waals surface area (Å²) in [6.07, 6.45) is 2.19. The lowest BCUT2D eigenvalue weighted by molar-refractivity contribution is -0.198. The van der Waals surface area contributed by atoms with Gasteiger partial charge in [-0.25, -0.2) is 0 Å². The highest BCUT2D eigenvalue weighted by Gasteiger charge is 2.41. The largest absolute Gasteiger partial charge is 0.365 e. The molecule has 0 aromatic heterocycles. The average Bonchev–Trinajstić information content (AvgIpc) is 2.48. The van der Waals surface area contributed by atoms with Crippen LogP contribution in [-0.2, 0) is 0 Å². The molecule has 1 aliphatic carbocycles. The van der Waals surface area contributed by atoms with Crippen LogP contribution in [0.1, 0.15) is 42.2 Å². The molecule has 1 saturated carbocycles. The quantitative estimate of drug-likeness (QED) is 0.819. The van der Waals surface area contributed by atoms with Gasteiger partial charge in [-0.15, -0.1) is 0 Å². The molecular weight excluding hydrogens is 248 g/mol. The van der Waals surface area contributed by atoms with Crippen LogP contribution in [0.4, 0.5) is 0 Å². The number of benzene rings is 2. The molecule has 2 heteroatoms. The Morgan fingerprint density at radius 3 is 1.85 bits per heavy atom. The third kappa shape index (κ3) is 2.62. The summed E-state index contributed by atoms with van der Waals surface area (Å²) in [6, 6.07) is 20.0. The second-order valence-corrected chi connectivity index (χ2v) is 5.73. The molecule has 0 spiro atoms. The van der Waals surface area contributed by atoms with Gasteiger partial charge in [-0.05, 0) is 29.9 Å². The van der Waals surface area contributed by atoms with E-state index in [0.717, 1.165) is 18.4 Å². The van der Waals surface area contributed by atoms with Gasteiger partial charge < -0.3 is 10.2 Å². The summed E-state index contributed by atoms with van der Waals surface area (Å²) < 4.78 is 0. The fourth-order valence-corrected chi connectivity index (χ4v) is 3.33. The van der Waals surface area contributed by atoms with Gasteiger partial charge in [0, 0.05) is 12.3 Å². The molecule has 0 bridgehead atoms. The highest BCUT2D eigenvalue weighted by atomic mass is 16.5. The van der Waals surface area contributed by atoms with Crippen LogP contribution in [-0.4, -0.2) is 16.0 Å². The van der Waals surface area contributed by atoms with Crippen molar-refractivity contribution in [1.82, 2.24) is 0 Å². The van der Waals surface area contributed by atoms with Gasteiger partial charge in [0.05, 0.1) is 0 Å². The predicted molar refractivity (Wildman–Crippen MR) is 79.4 cm³/mol. The van der Waals surface area contributed by atoms with Crippen molar-refractivity contribution in [3.63, 3.8) is 0 Å². The summed E-state index contributed by atoms with van der Waals surface area (Å²) in [5.74, 6) is -1.59. The first-order valence-electron chi connectivity index (χ1n) is 7.21. The zero-order valence-corrected chi connectivity index (χ0v) is 11.4. The SMILES string of the molecule is OC1(O)CC(c2ccccc2)CCC1c1ccccc1. The monoisotopic (exact) mass is 268 g/mol. The molecule has 2 aromatic carbocycles. The predicted octanol–water partition coefficient (Wildman–Crippen LogP) is 3.42. The molecule has 0 aliphatic heterocycles. The molecule has 0 radical (unpaired) electrons. The van der Waals surface area contributed by atoms with Gasteiger partial charge in [0.1, 0.15) is 0 Å². The molecule has 104 valence electrons. The Hall–Kier alpha value is -1.64. The second kappa shape index (κ2) is 5.39. The summed E-state index contributed by atoms with van der Waals surface area (Å²) in [7, 11) is 0. The fourth-order valence-electron chi connectivity index (χ4n) is 3.33. The molecule has 2 unspecified atom stereocenters. The van der Waals surface area contributed by atoms with E-state index in [-0.39, 0.29) is 11.8 Å². The number of hydrogen-bond donors (Lipinski definition) is 2. The van der Waals surface area contributed by atoms with E-state index in [1.54, 1.807) is 0 Å². The third-order valence-electron chi connectivity index (χ3n) is 4.38. The van der Waals surface area contributed by atoms with Crippen molar-refractivity contribution in [3.8, 4) is 0 Å². The maximum atomic E-state index is 10.5. The number of rotatable bonds is 2. The molecular formula is C18H20O2. The smallest absolute Gasteiger partial charge is 0.170 e. The summed E-state index contributed by atoms with van der Waals surface area (Å²) in [4.78, 5) is 0. The lowest BCUT2D eigenvalue weighted by atomic mass is 9.72. The molecule has 3 rings (SSSR count). The van der Waals surface area contributed by atoms with Crippen LogP contribution in [0.25, 0.3) is 0 Å². The normalized spacial score (nSPS) is 25.3. The Morgan fingerprint density at radius 2 is 1.30 bits per heavy atom. The van der Waals surface area contributed by atoms with Gasteiger partial charge in [-0.3, -0.25) is 0 Å². The highest BCUT2D eigenvalue weighted by Crippen LogP contribution is 2.45. The lowest BCUT2D eigenvalue weighted by Crippen LogP contribution is -2.41. The maximum Gasteiger partial charge on any atom is 0.170 e. The zero-order chi connectivity index (χ0) is 14.0. The number of aliphatic hydroxyl groups is 2. The standard InChI is InChI=1S/C18H20O2/c19-18(20)13-16(14-7-3-1-4-8-14)11-12-17(18)15-9-5-2-6-10-15/h1-10,16-17,19-20H,11-13H2. The van der Waals surface area contributed by atoms with Crippen LogP contribution in [0.2, 0.25) is 0 Å². The Balaban J connectivity index is 1.81. The Labute approximate surface area is 119 Å². The van der Waals surface area contributed by atoms with E-state index < -0.39 is 5.79 Å². The molecule has 2 N–H and O–H groups in total. The van der Waals surface area contributed by atoms with Crippen molar-refractivity contribution in [2.75, 3.05) is 0 Å². The van der Waals surface area contributed by atoms with E-state index >= 15 is 0 Å². The van der Waals surface area contributed by atoms with E-state index in [2.05, 4.69) is 12.1 Å². The van der Waals surface area contributed by atoms with Gasteiger partial charge in [0.2, 0.25) is 0 Å². The molecule has 2 aromatic rings. The van der Waals surface area contributed by atoms with Crippen molar-refractivity contribution in [1.29, 1.82) is 0 Å². The minimum absolute atomic E-state index is 0.191. The Kier molecular flexibility index (Phi) is 3.60. The second-order valence-electron chi connectivity index (χ2n) is 5.73. The topological polar surface area (TPSA) is 40.5 Å². The minimum atomic E-state index is -1.62. The van der Waals surface area contributed by atoms with Gasteiger partial charge in [-0.1, -0.05) is 60.7 Å². The van der Waals surface area contributed by atoms with Crippen molar-refractivity contribution in [2.45, 2.75) is 36.9 Å². The molecule has 2 atom stereocenters. The molecule has 1 fully saturated rings. The van der Waals surface area contributed by atoms with Gasteiger partial charge in [0.15, 0.2) is 5.79 Å². The van der Waals surface area contributed by atoms with Crippen LogP contribution in [0.5, 0.6) is 0 Å². The van der Waals surface area contributed by atoms with Crippen molar-refractivity contribution in [2.24, 2.45) is 0 Å². The van der Waals surface area contributed by atoms with Gasteiger partial charge in [0.25, 0.3) is 0 Å². The van der Waals surface area contributed by atoms with Gasteiger partial charge in [-0.2, -0.15) is 0 Å². The van der Waals surface area contributed by atoms with Crippen LogP contribution in [0, 0.1) is 0 Å². The molecule has 0 saturated heterocycles. The average molecular weight is 268 g/mol. The molecule has 0 heterocycles. The third-order valence-corrected chi connectivity index (χ3v) is 4.38. The first kappa shape index (κ1) is 13.3. The summed E-state index contributed by atoms with van der Waals surface area (Å²) >= 11 is 0. The van der Waals surface area contributed by atoms with Crippen LogP contribution >= 0.6 is 0 Å². The van der Waals surface area contributed by atoms with E-state index in [9.17, 15) is 10.2 Å². The lowest BCUT2D eigenvalue weighted by Gasteiger charge is -2.40. The number of hydrogen-bond acceptors (Lipinski definition) is 2. The van der Waals surface area contributed by atoms with E-state index in [1.807, 2.05) is 48.5 Å². The van der Waals surface area contributed by atoms with Crippen molar-refractivity contribution < 1.29 is 10.2 Å². The van der Waals surface area contributed by atoms with Crippen molar-refractivity contribution >= 4 is 0 Å². The summed E-state index contributed by atoms with van der Waals surface area (Å²) in [5, 5.41) is 20.9. The minimum Gasteiger partial charge on any atom is -0.365 e. The Bertz CT molecular complexity index is 548. The summed E-state index contributed by atoms with van der Waals surface area (Å²) in [6.45, 7) is 0. The van der Waals surface area contributed by atoms with Crippen LogP contribution in [0.15, 0.2) is 60.7 Å². The van der Waals surface area contributed by atoms with Crippen LogP contribution < -0.4 is 0 Å². The van der Waals surface area contributed by atoms with E-state index in [0.29, 0.717) is 6.42 Å². The van der Waals surface area contributed by atoms with E-state index in [1.165, 1.54) is 5.56 Å². The molecule has 1 aliphatic rings. The fraction of sp³-hybridized carbons (Fsp3) is 0.333. The molecule has 0 amide bonds. The first-order valence-corrected chi connectivity index (χ1v) is 7.21. The van der Waals surface area contributed by atoms with Crippen LogP contribution in [0.3, 0.4) is 0 Å². The Morgan fingerprint density at radius 1 is 0.750 bits per heavy atom. The van der Waals surface area contributed by atoms with Gasteiger partial charge >= 0.3 is 0 Å². The van der Waals surface area contributed by atoms with E-state index in [4.69, 9.17) is 0 Å². The zero-order valence-electron chi connectivity index (χ0n) is 11.4. The molecule has 2 nitrogen and oxygen atoms in total. The highest BCUT2D eigenvalue weighted by molar-refractivity contribution is 5.26. The first-order chi connectivity index (χ1) is 9.67. The summed E-state index contributed by atoms with van der Waals surface area (Å²) in [5.41, 5.74) is 2.22. The maximum absolute atomic E-state index is 10.5.